The molecule has 25 heavy (non-hydrogen) atoms. The molecule has 0 bridgehead atoms. The van der Waals surface area contributed by atoms with E-state index >= 15 is 0 Å². The Kier molecular flexibility index (Phi) is 4.76. The van der Waals surface area contributed by atoms with Gasteiger partial charge in [0.15, 0.2) is 9.84 Å². The molecule has 2 aromatic rings. The van der Waals surface area contributed by atoms with Crippen molar-refractivity contribution in [1.82, 2.24) is 0 Å². The smallest absolute Gasteiger partial charge is 0.258 e. The van der Waals surface area contributed by atoms with Gasteiger partial charge in [0.05, 0.1) is 17.1 Å². The van der Waals surface area contributed by atoms with E-state index in [1.54, 1.807) is 18.2 Å². The summed E-state index contributed by atoms with van der Waals surface area (Å²) >= 11 is 0. The second-order valence-electron chi connectivity index (χ2n) is 6.15. The van der Waals surface area contributed by atoms with Crippen molar-refractivity contribution in [2.24, 2.45) is 0 Å². The van der Waals surface area contributed by atoms with Crippen LogP contribution in [0.15, 0.2) is 48.5 Å². The summed E-state index contributed by atoms with van der Waals surface area (Å²) in [5.74, 6) is -0.700. The fourth-order valence-electron chi connectivity index (χ4n) is 2.92. The van der Waals surface area contributed by atoms with Gasteiger partial charge in [0.1, 0.15) is 5.82 Å². The Hall–Kier alpha value is -2.41. The summed E-state index contributed by atoms with van der Waals surface area (Å²) in [7, 11) is -1.08. The zero-order valence-electron chi connectivity index (χ0n) is 13.8. The van der Waals surface area contributed by atoms with E-state index in [4.69, 9.17) is 0 Å². The van der Waals surface area contributed by atoms with Gasteiger partial charge in [-0.2, -0.15) is 0 Å². The quantitative estimate of drug-likeness (QED) is 0.908. The molecule has 0 spiro atoms. The van der Waals surface area contributed by atoms with Crippen LogP contribution in [0.2, 0.25) is 0 Å². The van der Waals surface area contributed by atoms with Crippen molar-refractivity contribution in [3.63, 3.8) is 0 Å². The van der Waals surface area contributed by atoms with Crippen LogP contribution in [-0.4, -0.2) is 38.9 Å². The maximum absolute atomic E-state index is 13.6. The number of amides is 1. The molecular weight excluding hydrogens is 343 g/mol. The molecule has 0 saturated carbocycles. The number of anilines is 2. The second-order valence-corrected chi connectivity index (χ2v) is 8.38. The molecule has 5 nitrogen and oxygen atoms in total. The molecule has 1 fully saturated rings. The van der Waals surface area contributed by atoms with E-state index < -0.39 is 21.6 Å². The summed E-state index contributed by atoms with van der Waals surface area (Å²) in [5.41, 5.74) is 1.40. The summed E-state index contributed by atoms with van der Waals surface area (Å²) in [6, 6.07) is 12.8. The van der Waals surface area contributed by atoms with Crippen molar-refractivity contribution in [3.8, 4) is 0 Å². The van der Waals surface area contributed by atoms with Gasteiger partial charge in [-0.15, -0.1) is 0 Å². The van der Waals surface area contributed by atoms with Gasteiger partial charge in [-0.05, 0) is 42.8 Å². The standard InChI is InChI=1S/C18H19FN2O3S/c1-21(15-10-11-25(23,24)12-15)14-8-6-13(7-9-14)20-18(22)16-4-2-3-5-17(16)19/h2-9,15H,10-12H2,1H3,(H,20,22). The molecule has 1 atom stereocenters. The van der Waals surface area contributed by atoms with Crippen LogP contribution in [0.4, 0.5) is 15.8 Å². The highest BCUT2D eigenvalue weighted by atomic mass is 32.2. The first-order chi connectivity index (χ1) is 11.9. The molecule has 1 heterocycles. The number of carbonyl (C=O) groups excluding carboxylic acids is 1. The van der Waals surface area contributed by atoms with Crippen LogP contribution in [-0.2, 0) is 9.84 Å². The number of hydrogen-bond acceptors (Lipinski definition) is 4. The Morgan fingerprint density at radius 3 is 2.44 bits per heavy atom. The lowest BCUT2D eigenvalue weighted by molar-refractivity contribution is 0.102. The van der Waals surface area contributed by atoms with Crippen molar-refractivity contribution in [2.75, 3.05) is 28.8 Å². The van der Waals surface area contributed by atoms with Crippen molar-refractivity contribution in [3.05, 3.63) is 59.9 Å². The third-order valence-corrected chi connectivity index (χ3v) is 6.16. The molecule has 3 rings (SSSR count). The zero-order chi connectivity index (χ0) is 18.0. The van der Waals surface area contributed by atoms with Crippen LogP contribution in [0.5, 0.6) is 0 Å². The Bertz CT molecular complexity index is 881. The molecule has 7 heteroatoms. The van der Waals surface area contributed by atoms with Gasteiger partial charge in [0, 0.05) is 24.5 Å². The van der Waals surface area contributed by atoms with Gasteiger partial charge < -0.3 is 10.2 Å². The molecular formula is C18H19FN2O3S. The molecule has 1 aliphatic rings. The number of sulfone groups is 1. The van der Waals surface area contributed by atoms with Crippen LogP contribution in [0.1, 0.15) is 16.8 Å². The summed E-state index contributed by atoms with van der Waals surface area (Å²) < 4.78 is 36.9. The van der Waals surface area contributed by atoms with Crippen LogP contribution >= 0.6 is 0 Å². The Labute approximate surface area is 146 Å². The summed E-state index contributed by atoms with van der Waals surface area (Å²) in [6.07, 6.45) is 0.616. The molecule has 0 aromatic heterocycles. The maximum atomic E-state index is 13.6. The minimum absolute atomic E-state index is 0.0140. The molecule has 1 unspecified atom stereocenters. The Balaban J connectivity index is 1.68. The Morgan fingerprint density at radius 1 is 1.16 bits per heavy atom. The minimum atomic E-state index is -2.94. The summed E-state index contributed by atoms with van der Waals surface area (Å²) in [6.45, 7) is 0. The number of benzene rings is 2. The average Bonchev–Trinajstić information content (AvgIpc) is 2.95. The predicted molar refractivity (Wildman–Crippen MR) is 96.3 cm³/mol. The molecule has 1 aliphatic heterocycles. The number of halogens is 1. The molecule has 1 saturated heterocycles. The van der Waals surface area contributed by atoms with Crippen molar-refractivity contribution >= 4 is 27.1 Å². The van der Waals surface area contributed by atoms with Gasteiger partial charge in [0.2, 0.25) is 0 Å². The lowest BCUT2D eigenvalue weighted by atomic mass is 10.1. The van der Waals surface area contributed by atoms with E-state index in [1.165, 1.54) is 18.2 Å². The van der Waals surface area contributed by atoms with Crippen LogP contribution in [0.25, 0.3) is 0 Å². The first-order valence-electron chi connectivity index (χ1n) is 7.95. The molecule has 1 amide bonds. The monoisotopic (exact) mass is 362 g/mol. The molecule has 2 aromatic carbocycles. The normalized spacial score (nSPS) is 18.7. The number of hydrogen-bond donors (Lipinski definition) is 1. The van der Waals surface area contributed by atoms with Gasteiger partial charge in [-0.25, -0.2) is 12.8 Å². The first kappa shape index (κ1) is 17.4. The van der Waals surface area contributed by atoms with E-state index in [2.05, 4.69) is 5.32 Å². The van der Waals surface area contributed by atoms with Crippen LogP contribution in [0.3, 0.4) is 0 Å². The van der Waals surface area contributed by atoms with Crippen LogP contribution < -0.4 is 10.2 Å². The van der Waals surface area contributed by atoms with Gasteiger partial charge >= 0.3 is 0 Å². The van der Waals surface area contributed by atoms with E-state index in [-0.39, 0.29) is 23.1 Å². The zero-order valence-corrected chi connectivity index (χ0v) is 14.6. The third kappa shape index (κ3) is 3.99. The molecule has 1 N–H and O–H groups in total. The van der Waals surface area contributed by atoms with E-state index in [9.17, 15) is 17.6 Å². The molecule has 0 radical (unpaired) electrons. The predicted octanol–water partition coefficient (Wildman–Crippen LogP) is 2.70. The maximum Gasteiger partial charge on any atom is 0.258 e. The lowest BCUT2D eigenvalue weighted by Gasteiger charge is -2.25. The third-order valence-electron chi connectivity index (χ3n) is 4.41. The average molecular weight is 362 g/mol. The van der Waals surface area contributed by atoms with E-state index in [1.807, 2.05) is 24.1 Å². The summed E-state index contributed by atoms with van der Waals surface area (Å²) in [4.78, 5) is 14.0. The van der Waals surface area contributed by atoms with Crippen molar-refractivity contribution in [1.29, 1.82) is 0 Å². The number of nitrogens with zero attached hydrogens (tertiary/aromatic N) is 1. The Morgan fingerprint density at radius 2 is 1.84 bits per heavy atom. The highest BCUT2D eigenvalue weighted by Crippen LogP contribution is 2.24. The lowest BCUT2D eigenvalue weighted by Crippen LogP contribution is -2.32. The second kappa shape index (κ2) is 6.84. The van der Waals surface area contributed by atoms with E-state index in [0.717, 1.165) is 5.69 Å². The SMILES string of the molecule is CN(c1ccc(NC(=O)c2ccccc2F)cc1)C1CCS(=O)(=O)C1. The fourth-order valence-corrected chi connectivity index (χ4v) is 4.69. The molecule has 0 aliphatic carbocycles. The van der Waals surface area contributed by atoms with Gasteiger partial charge in [-0.3, -0.25) is 4.79 Å². The van der Waals surface area contributed by atoms with Gasteiger partial charge in [-0.1, -0.05) is 12.1 Å². The highest BCUT2D eigenvalue weighted by Gasteiger charge is 2.30. The van der Waals surface area contributed by atoms with Gasteiger partial charge in [0.25, 0.3) is 5.91 Å². The largest absolute Gasteiger partial charge is 0.371 e. The summed E-state index contributed by atoms with van der Waals surface area (Å²) in [5, 5.41) is 2.65. The number of carbonyl (C=O) groups is 1. The fraction of sp³-hybridized carbons (Fsp3) is 0.278. The first-order valence-corrected chi connectivity index (χ1v) is 9.77. The number of rotatable bonds is 4. The minimum Gasteiger partial charge on any atom is -0.371 e. The van der Waals surface area contributed by atoms with E-state index in [0.29, 0.717) is 12.1 Å². The topological polar surface area (TPSA) is 66.5 Å². The van der Waals surface area contributed by atoms with Crippen molar-refractivity contribution in [2.45, 2.75) is 12.5 Å². The number of nitrogens with one attached hydrogen (secondary N) is 1. The van der Waals surface area contributed by atoms with Crippen LogP contribution in [0, 0.1) is 5.82 Å². The highest BCUT2D eigenvalue weighted by molar-refractivity contribution is 7.91. The molecule has 132 valence electrons. The van der Waals surface area contributed by atoms with Crippen molar-refractivity contribution < 1.29 is 17.6 Å².